The van der Waals surface area contributed by atoms with Crippen LogP contribution in [0.1, 0.15) is 11.1 Å². The van der Waals surface area contributed by atoms with Gasteiger partial charge in [0.05, 0.1) is 11.1 Å². The van der Waals surface area contributed by atoms with Gasteiger partial charge in [0.2, 0.25) is 0 Å². The molecule has 3 aromatic rings. The van der Waals surface area contributed by atoms with E-state index in [2.05, 4.69) is 4.98 Å². The van der Waals surface area contributed by atoms with E-state index in [1.165, 1.54) is 12.1 Å². The Bertz CT molecular complexity index is 808. The van der Waals surface area contributed by atoms with Crippen molar-refractivity contribution in [2.45, 2.75) is 12.7 Å². The Hall–Kier alpha value is -2.40. The second-order valence-electron chi connectivity index (χ2n) is 5.03. The van der Waals surface area contributed by atoms with E-state index in [4.69, 9.17) is 5.73 Å². The Morgan fingerprint density at radius 1 is 0.909 bits per heavy atom. The van der Waals surface area contributed by atoms with Crippen LogP contribution in [-0.2, 0) is 12.7 Å². The molecule has 1 aromatic heterocycles. The molecule has 0 aliphatic carbocycles. The zero-order valence-corrected chi connectivity index (χ0v) is 11.6. The maximum absolute atomic E-state index is 12.6. The summed E-state index contributed by atoms with van der Waals surface area (Å²) in [5, 5.41) is 0.917. The molecule has 112 valence electrons. The van der Waals surface area contributed by atoms with Crippen molar-refractivity contribution in [1.29, 1.82) is 0 Å². The average molecular weight is 302 g/mol. The van der Waals surface area contributed by atoms with Crippen LogP contribution in [0, 0.1) is 0 Å². The molecule has 5 heteroatoms. The van der Waals surface area contributed by atoms with Crippen LogP contribution in [0.15, 0.2) is 54.7 Å². The summed E-state index contributed by atoms with van der Waals surface area (Å²) in [7, 11) is 0. The van der Waals surface area contributed by atoms with E-state index in [-0.39, 0.29) is 0 Å². The molecule has 2 nitrogen and oxygen atoms in total. The second-order valence-corrected chi connectivity index (χ2v) is 5.03. The number of benzene rings is 2. The highest BCUT2D eigenvalue weighted by atomic mass is 19.4. The predicted molar refractivity (Wildman–Crippen MR) is 80.1 cm³/mol. The Labute approximate surface area is 125 Å². The summed E-state index contributed by atoms with van der Waals surface area (Å²) in [6.45, 7) is 0.431. The molecule has 0 unspecified atom stereocenters. The second kappa shape index (κ2) is 5.42. The SMILES string of the molecule is NCc1ccc2ncc(-c3ccc(C(F)(F)F)cc3)cc2c1. The van der Waals surface area contributed by atoms with E-state index in [1.807, 2.05) is 24.3 Å². The Morgan fingerprint density at radius 2 is 1.64 bits per heavy atom. The quantitative estimate of drug-likeness (QED) is 0.763. The lowest BCUT2D eigenvalue weighted by molar-refractivity contribution is -0.137. The Kier molecular flexibility index (Phi) is 3.58. The molecular weight excluding hydrogens is 289 g/mol. The van der Waals surface area contributed by atoms with Gasteiger partial charge < -0.3 is 5.73 Å². The first kappa shape index (κ1) is 14.5. The maximum atomic E-state index is 12.6. The number of hydrogen-bond acceptors (Lipinski definition) is 2. The van der Waals surface area contributed by atoms with Gasteiger partial charge in [-0.3, -0.25) is 4.98 Å². The summed E-state index contributed by atoms with van der Waals surface area (Å²) < 4.78 is 37.8. The van der Waals surface area contributed by atoms with Gasteiger partial charge in [0.25, 0.3) is 0 Å². The van der Waals surface area contributed by atoms with Crippen LogP contribution in [0.3, 0.4) is 0 Å². The fourth-order valence-corrected chi connectivity index (χ4v) is 2.32. The van der Waals surface area contributed by atoms with E-state index in [0.29, 0.717) is 12.1 Å². The van der Waals surface area contributed by atoms with Crippen molar-refractivity contribution in [3.05, 3.63) is 65.9 Å². The lowest BCUT2D eigenvalue weighted by Crippen LogP contribution is -2.04. The summed E-state index contributed by atoms with van der Waals surface area (Å²) in [4.78, 5) is 4.34. The van der Waals surface area contributed by atoms with Crippen LogP contribution in [0.5, 0.6) is 0 Å². The molecule has 2 N–H and O–H groups in total. The van der Waals surface area contributed by atoms with Crippen molar-refractivity contribution in [2.24, 2.45) is 5.73 Å². The van der Waals surface area contributed by atoms with Gasteiger partial charge in [-0.25, -0.2) is 0 Å². The average Bonchev–Trinajstić information content (AvgIpc) is 2.53. The molecule has 0 radical (unpaired) electrons. The number of nitrogens with zero attached hydrogens (tertiary/aromatic N) is 1. The van der Waals surface area contributed by atoms with E-state index in [9.17, 15) is 13.2 Å². The molecule has 3 rings (SSSR count). The van der Waals surface area contributed by atoms with E-state index in [0.717, 1.165) is 34.2 Å². The van der Waals surface area contributed by atoms with Crippen LogP contribution in [-0.4, -0.2) is 4.98 Å². The summed E-state index contributed by atoms with van der Waals surface area (Å²) >= 11 is 0. The van der Waals surface area contributed by atoms with Crippen molar-refractivity contribution >= 4 is 10.9 Å². The third-order valence-corrected chi connectivity index (χ3v) is 3.53. The lowest BCUT2D eigenvalue weighted by atomic mass is 10.0. The molecule has 0 saturated carbocycles. The van der Waals surface area contributed by atoms with Crippen molar-refractivity contribution in [3.63, 3.8) is 0 Å². The van der Waals surface area contributed by atoms with Crippen molar-refractivity contribution in [1.82, 2.24) is 4.98 Å². The smallest absolute Gasteiger partial charge is 0.326 e. The predicted octanol–water partition coefficient (Wildman–Crippen LogP) is 4.38. The first-order valence-corrected chi connectivity index (χ1v) is 6.74. The Morgan fingerprint density at radius 3 is 2.27 bits per heavy atom. The number of halogens is 3. The molecular formula is C17H13F3N2. The molecule has 0 spiro atoms. The summed E-state index contributed by atoms with van der Waals surface area (Å²) in [6, 6.07) is 12.7. The van der Waals surface area contributed by atoms with Gasteiger partial charge >= 0.3 is 6.18 Å². The number of nitrogens with two attached hydrogens (primary N) is 1. The maximum Gasteiger partial charge on any atom is 0.416 e. The highest BCUT2D eigenvalue weighted by Gasteiger charge is 2.29. The van der Waals surface area contributed by atoms with E-state index < -0.39 is 11.7 Å². The molecule has 0 amide bonds. The molecule has 0 saturated heterocycles. The number of rotatable bonds is 2. The van der Waals surface area contributed by atoms with Gasteiger partial charge in [0.15, 0.2) is 0 Å². The summed E-state index contributed by atoms with van der Waals surface area (Å²) in [6.07, 6.45) is -2.66. The fourth-order valence-electron chi connectivity index (χ4n) is 2.32. The van der Waals surface area contributed by atoms with Crippen LogP contribution in [0.2, 0.25) is 0 Å². The first-order valence-electron chi connectivity index (χ1n) is 6.74. The number of pyridine rings is 1. The largest absolute Gasteiger partial charge is 0.416 e. The van der Waals surface area contributed by atoms with Gasteiger partial charge in [-0.1, -0.05) is 18.2 Å². The first-order chi connectivity index (χ1) is 10.5. The van der Waals surface area contributed by atoms with Crippen molar-refractivity contribution in [3.8, 4) is 11.1 Å². The third-order valence-electron chi connectivity index (χ3n) is 3.53. The summed E-state index contributed by atoms with van der Waals surface area (Å²) in [5.74, 6) is 0. The minimum atomic E-state index is -4.32. The highest BCUT2D eigenvalue weighted by molar-refractivity contribution is 5.84. The zero-order valence-electron chi connectivity index (χ0n) is 11.6. The van der Waals surface area contributed by atoms with Crippen LogP contribution in [0.4, 0.5) is 13.2 Å². The van der Waals surface area contributed by atoms with E-state index in [1.54, 1.807) is 6.20 Å². The number of hydrogen-bond donors (Lipinski definition) is 1. The van der Waals surface area contributed by atoms with Gasteiger partial charge in [-0.2, -0.15) is 13.2 Å². The van der Waals surface area contributed by atoms with Gasteiger partial charge in [0.1, 0.15) is 0 Å². The molecule has 0 bridgehead atoms. The Balaban J connectivity index is 2.02. The molecule has 0 aliphatic rings. The van der Waals surface area contributed by atoms with Crippen LogP contribution < -0.4 is 5.73 Å². The fraction of sp³-hybridized carbons (Fsp3) is 0.118. The monoisotopic (exact) mass is 302 g/mol. The topological polar surface area (TPSA) is 38.9 Å². The standard InChI is InChI=1S/C17H13F3N2/c18-17(19,20)15-4-2-12(3-5-15)14-8-13-7-11(9-21)1-6-16(13)22-10-14/h1-8,10H,9,21H2. The minimum Gasteiger partial charge on any atom is -0.326 e. The lowest BCUT2D eigenvalue weighted by Gasteiger charge is -2.08. The minimum absolute atomic E-state index is 0.431. The number of aromatic nitrogens is 1. The number of fused-ring (bicyclic) bond motifs is 1. The molecule has 1 heterocycles. The van der Waals surface area contributed by atoms with Crippen molar-refractivity contribution in [2.75, 3.05) is 0 Å². The van der Waals surface area contributed by atoms with Gasteiger partial charge in [0, 0.05) is 23.7 Å². The van der Waals surface area contributed by atoms with Crippen LogP contribution >= 0.6 is 0 Å². The molecule has 0 atom stereocenters. The third kappa shape index (κ3) is 2.80. The normalized spacial score (nSPS) is 11.8. The molecule has 0 fully saturated rings. The van der Waals surface area contributed by atoms with E-state index >= 15 is 0 Å². The van der Waals surface area contributed by atoms with Crippen LogP contribution in [0.25, 0.3) is 22.0 Å². The van der Waals surface area contributed by atoms with Gasteiger partial charge in [-0.15, -0.1) is 0 Å². The molecule has 2 aromatic carbocycles. The molecule has 22 heavy (non-hydrogen) atoms. The van der Waals surface area contributed by atoms with Crippen molar-refractivity contribution < 1.29 is 13.2 Å². The number of alkyl halides is 3. The van der Waals surface area contributed by atoms with Gasteiger partial charge in [-0.05, 0) is 41.5 Å². The summed E-state index contributed by atoms with van der Waals surface area (Å²) in [5.41, 5.74) is 8.24. The highest BCUT2D eigenvalue weighted by Crippen LogP contribution is 2.31. The molecule has 0 aliphatic heterocycles. The zero-order chi connectivity index (χ0) is 15.7.